The minimum Gasteiger partial charge on any atom is -0.370 e. The molecule has 0 spiro atoms. The van der Waals surface area contributed by atoms with Crippen molar-refractivity contribution in [1.29, 1.82) is 0 Å². The van der Waals surface area contributed by atoms with Gasteiger partial charge in [0.2, 0.25) is 0 Å². The van der Waals surface area contributed by atoms with E-state index in [-0.39, 0.29) is 5.41 Å². The maximum Gasteiger partial charge on any atom is 0.120 e. The van der Waals surface area contributed by atoms with Crippen LogP contribution in [0.2, 0.25) is 0 Å². The summed E-state index contributed by atoms with van der Waals surface area (Å²) >= 11 is 0. The molecule has 2 heterocycles. The Morgan fingerprint density at radius 1 is 1.42 bits per heavy atom. The molecule has 0 aromatic rings. The molecule has 0 aliphatic carbocycles. The standard InChI is InChI=1S/C14H27N5/c1-14(2,3)10-16-13-7-12(8-17-18-13)19-6-5-11(9-19)15-4/h7-8,11,15-18H,5-6,9-10H2,1-4H3/t11-/m1/s1. The lowest BCUT2D eigenvalue weighted by atomic mass is 9.97. The summed E-state index contributed by atoms with van der Waals surface area (Å²) < 4.78 is 0. The van der Waals surface area contributed by atoms with Gasteiger partial charge in [-0.15, -0.1) is 0 Å². The minimum atomic E-state index is 0.273. The Labute approximate surface area is 116 Å². The lowest BCUT2D eigenvalue weighted by Crippen LogP contribution is -2.41. The quantitative estimate of drug-likeness (QED) is 0.603. The molecule has 0 radical (unpaired) electrons. The Kier molecular flexibility index (Phi) is 4.24. The average Bonchev–Trinajstić information content (AvgIpc) is 2.85. The molecule has 1 saturated heterocycles. The van der Waals surface area contributed by atoms with Crippen LogP contribution in [0.5, 0.6) is 0 Å². The van der Waals surface area contributed by atoms with Crippen LogP contribution in [0, 0.1) is 5.41 Å². The topological polar surface area (TPSA) is 51.4 Å². The van der Waals surface area contributed by atoms with Crippen LogP contribution in [0.15, 0.2) is 23.8 Å². The molecule has 0 aromatic heterocycles. The molecular formula is C14H27N5. The summed E-state index contributed by atoms with van der Waals surface area (Å²) in [4.78, 5) is 2.41. The van der Waals surface area contributed by atoms with Gasteiger partial charge in [0.25, 0.3) is 0 Å². The van der Waals surface area contributed by atoms with Gasteiger partial charge in [-0.1, -0.05) is 20.8 Å². The lowest BCUT2D eigenvalue weighted by molar-refractivity contribution is 0.381. The van der Waals surface area contributed by atoms with E-state index in [2.05, 4.69) is 53.2 Å². The highest BCUT2D eigenvalue weighted by molar-refractivity contribution is 5.24. The molecule has 0 aromatic carbocycles. The maximum absolute atomic E-state index is 3.44. The molecule has 4 N–H and O–H groups in total. The summed E-state index contributed by atoms with van der Waals surface area (Å²) in [7, 11) is 2.04. The first-order chi connectivity index (χ1) is 8.98. The highest BCUT2D eigenvalue weighted by Gasteiger charge is 2.23. The summed E-state index contributed by atoms with van der Waals surface area (Å²) in [5.74, 6) is 1.04. The molecule has 19 heavy (non-hydrogen) atoms. The van der Waals surface area contributed by atoms with Gasteiger partial charge in [-0.3, -0.25) is 5.43 Å². The van der Waals surface area contributed by atoms with E-state index in [1.807, 2.05) is 13.2 Å². The van der Waals surface area contributed by atoms with Crippen molar-refractivity contribution in [2.45, 2.75) is 33.2 Å². The van der Waals surface area contributed by atoms with Crippen LogP contribution in [-0.2, 0) is 0 Å². The van der Waals surface area contributed by atoms with Crippen LogP contribution < -0.4 is 21.5 Å². The highest BCUT2D eigenvalue weighted by Crippen LogP contribution is 2.18. The van der Waals surface area contributed by atoms with Crippen molar-refractivity contribution in [2.24, 2.45) is 5.41 Å². The first kappa shape index (κ1) is 14.1. The molecule has 0 bridgehead atoms. The molecule has 0 saturated carbocycles. The number of rotatable bonds is 4. The molecule has 2 aliphatic rings. The van der Waals surface area contributed by atoms with Crippen molar-refractivity contribution in [3.05, 3.63) is 23.8 Å². The molecular weight excluding hydrogens is 238 g/mol. The summed E-state index contributed by atoms with van der Waals surface area (Å²) in [5.41, 5.74) is 7.79. The third-order valence-electron chi connectivity index (χ3n) is 3.49. The van der Waals surface area contributed by atoms with Gasteiger partial charge < -0.3 is 21.0 Å². The second-order valence-corrected chi connectivity index (χ2v) is 6.53. The van der Waals surface area contributed by atoms with Crippen LogP contribution >= 0.6 is 0 Å². The van der Waals surface area contributed by atoms with Gasteiger partial charge in [-0.2, -0.15) is 0 Å². The van der Waals surface area contributed by atoms with Crippen molar-refractivity contribution in [3.63, 3.8) is 0 Å². The number of hydrogen-bond donors (Lipinski definition) is 4. The number of hydrazine groups is 1. The molecule has 1 atom stereocenters. The number of nitrogens with zero attached hydrogens (tertiary/aromatic N) is 1. The van der Waals surface area contributed by atoms with Crippen LogP contribution in [-0.4, -0.2) is 37.6 Å². The second-order valence-electron chi connectivity index (χ2n) is 6.53. The second kappa shape index (κ2) is 5.74. The smallest absolute Gasteiger partial charge is 0.120 e. The van der Waals surface area contributed by atoms with Crippen molar-refractivity contribution in [3.8, 4) is 0 Å². The zero-order chi connectivity index (χ0) is 13.9. The van der Waals surface area contributed by atoms with Crippen molar-refractivity contribution < 1.29 is 0 Å². The van der Waals surface area contributed by atoms with Crippen molar-refractivity contribution in [2.75, 3.05) is 26.7 Å². The molecule has 2 aliphatic heterocycles. The Hall–Kier alpha value is -1.36. The van der Waals surface area contributed by atoms with Gasteiger partial charge in [0, 0.05) is 38.0 Å². The predicted molar refractivity (Wildman–Crippen MR) is 78.9 cm³/mol. The van der Waals surface area contributed by atoms with E-state index in [0.717, 1.165) is 25.5 Å². The van der Waals surface area contributed by atoms with E-state index < -0.39 is 0 Å². The molecule has 2 rings (SSSR count). The predicted octanol–water partition coefficient (Wildman–Crippen LogP) is 0.706. The van der Waals surface area contributed by atoms with E-state index in [4.69, 9.17) is 0 Å². The number of likely N-dealkylation sites (tertiary alicyclic amines) is 1. The van der Waals surface area contributed by atoms with Crippen LogP contribution in [0.3, 0.4) is 0 Å². The fourth-order valence-electron chi connectivity index (χ4n) is 2.28. The monoisotopic (exact) mass is 265 g/mol. The van der Waals surface area contributed by atoms with Crippen molar-refractivity contribution >= 4 is 0 Å². The van der Waals surface area contributed by atoms with E-state index in [1.165, 1.54) is 12.1 Å². The van der Waals surface area contributed by atoms with E-state index >= 15 is 0 Å². The van der Waals surface area contributed by atoms with Gasteiger partial charge in [0.1, 0.15) is 5.82 Å². The maximum atomic E-state index is 3.44. The fourth-order valence-corrected chi connectivity index (χ4v) is 2.28. The number of likely N-dealkylation sites (N-methyl/N-ethyl adjacent to an activating group) is 1. The minimum absolute atomic E-state index is 0.273. The zero-order valence-corrected chi connectivity index (χ0v) is 12.5. The van der Waals surface area contributed by atoms with Gasteiger partial charge >= 0.3 is 0 Å². The van der Waals surface area contributed by atoms with Gasteiger partial charge in [0.05, 0.1) is 5.70 Å². The Bertz CT molecular complexity index is 367. The normalized spacial score (nSPS) is 23.4. The Morgan fingerprint density at radius 3 is 2.84 bits per heavy atom. The molecule has 0 amide bonds. The molecule has 5 nitrogen and oxygen atoms in total. The average molecular weight is 265 g/mol. The Balaban J connectivity index is 1.92. The van der Waals surface area contributed by atoms with E-state index in [1.54, 1.807) is 0 Å². The third kappa shape index (κ3) is 4.06. The van der Waals surface area contributed by atoms with Gasteiger partial charge in [-0.05, 0) is 18.9 Å². The highest BCUT2D eigenvalue weighted by atomic mass is 15.4. The van der Waals surface area contributed by atoms with Crippen LogP contribution in [0.1, 0.15) is 27.2 Å². The number of nitrogens with one attached hydrogen (secondary N) is 4. The number of allylic oxidation sites excluding steroid dienone is 1. The van der Waals surface area contributed by atoms with E-state index in [0.29, 0.717) is 6.04 Å². The largest absolute Gasteiger partial charge is 0.370 e. The summed E-state index contributed by atoms with van der Waals surface area (Å²) in [6.07, 6.45) is 5.42. The first-order valence-electron chi connectivity index (χ1n) is 7.07. The zero-order valence-electron chi connectivity index (χ0n) is 12.5. The molecule has 0 unspecified atom stereocenters. The summed E-state index contributed by atoms with van der Waals surface area (Å²) in [6.45, 7) is 9.82. The fraction of sp³-hybridized carbons (Fsp3) is 0.714. The van der Waals surface area contributed by atoms with Crippen molar-refractivity contribution in [1.82, 2.24) is 26.4 Å². The Morgan fingerprint density at radius 2 is 2.21 bits per heavy atom. The van der Waals surface area contributed by atoms with Crippen LogP contribution in [0.4, 0.5) is 0 Å². The third-order valence-corrected chi connectivity index (χ3v) is 3.49. The van der Waals surface area contributed by atoms with Gasteiger partial charge in [-0.25, -0.2) is 0 Å². The summed E-state index contributed by atoms with van der Waals surface area (Å²) in [6, 6.07) is 0.607. The molecule has 1 fully saturated rings. The van der Waals surface area contributed by atoms with Gasteiger partial charge in [0.15, 0.2) is 0 Å². The lowest BCUT2D eigenvalue weighted by Gasteiger charge is -2.27. The SMILES string of the molecule is CN[C@@H]1CCN(C2=CNNC(NCC(C)(C)C)=C2)C1. The molecule has 5 heteroatoms. The molecule has 108 valence electrons. The summed E-state index contributed by atoms with van der Waals surface area (Å²) in [5, 5.41) is 6.79. The van der Waals surface area contributed by atoms with E-state index in [9.17, 15) is 0 Å². The van der Waals surface area contributed by atoms with Crippen LogP contribution in [0.25, 0.3) is 0 Å². The first-order valence-corrected chi connectivity index (χ1v) is 7.07. The number of hydrogen-bond acceptors (Lipinski definition) is 5.